The fraction of sp³-hybridized carbons (Fsp3) is 0.833. The van der Waals surface area contributed by atoms with Crippen molar-refractivity contribution in [2.75, 3.05) is 0 Å². The van der Waals surface area contributed by atoms with Crippen molar-refractivity contribution in [1.29, 1.82) is 0 Å². The van der Waals surface area contributed by atoms with Crippen LogP contribution in [0.3, 0.4) is 0 Å². The molecule has 0 radical (unpaired) electrons. The summed E-state index contributed by atoms with van der Waals surface area (Å²) in [6.07, 6.45) is 13.4. The van der Waals surface area contributed by atoms with Crippen LogP contribution in [0.15, 0.2) is 23.3 Å². The number of ketones is 1. The molecule has 0 aliphatic heterocycles. The smallest absolute Gasteiger partial charge is 0.138 e. The van der Waals surface area contributed by atoms with Gasteiger partial charge in [-0.3, -0.25) is 4.79 Å². The number of Topliss-reactive ketones (excluding diaryl/α,β-unsaturated/α-hetero) is 1. The number of hydrogen-bond donors (Lipinski definition) is 0. The monoisotopic (exact) mass is 424 g/mol. The fourth-order valence-electron chi connectivity index (χ4n) is 8.67. The number of carbonyl (C=O) groups excluding carboxylic acids is 1. The van der Waals surface area contributed by atoms with Gasteiger partial charge >= 0.3 is 0 Å². The Morgan fingerprint density at radius 1 is 0.935 bits per heavy atom. The zero-order chi connectivity index (χ0) is 22.8. The van der Waals surface area contributed by atoms with Gasteiger partial charge in [-0.25, -0.2) is 0 Å². The van der Waals surface area contributed by atoms with Crippen molar-refractivity contribution >= 4 is 5.78 Å². The van der Waals surface area contributed by atoms with Gasteiger partial charge in [0.1, 0.15) is 5.78 Å². The molecule has 4 aliphatic rings. The average Bonchev–Trinajstić information content (AvgIpc) is 2.67. The first-order chi connectivity index (χ1) is 14.3. The van der Waals surface area contributed by atoms with Gasteiger partial charge < -0.3 is 0 Å². The molecule has 174 valence electrons. The third kappa shape index (κ3) is 3.80. The quantitative estimate of drug-likeness (QED) is 0.414. The summed E-state index contributed by atoms with van der Waals surface area (Å²) in [5.74, 6) is 2.35. The SMILES string of the molecule is C=C1CC[C@H]2C(C)(C)C(=O)CC[C@]2(C)[C@H]1CCC1=C(C)CC[C@@]2(C)CCC(C)(C)C[C@@H]12. The van der Waals surface area contributed by atoms with E-state index in [2.05, 4.69) is 55.0 Å². The minimum Gasteiger partial charge on any atom is -0.299 e. The van der Waals surface area contributed by atoms with Crippen LogP contribution in [0.4, 0.5) is 0 Å². The van der Waals surface area contributed by atoms with Crippen molar-refractivity contribution in [1.82, 2.24) is 0 Å². The Morgan fingerprint density at radius 3 is 2.35 bits per heavy atom. The van der Waals surface area contributed by atoms with Crippen molar-refractivity contribution in [2.45, 2.75) is 119 Å². The summed E-state index contributed by atoms with van der Waals surface area (Å²) in [5, 5.41) is 0. The third-order valence-electron chi connectivity index (χ3n) is 11.0. The predicted molar refractivity (Wildman–Crippen MR) is 132 cm³/mol. The van der Waals surface area contributed by atoms with E-state index in [1.807, 2.05) is 5.57 Å². The van der Waals surface area contributed by atoms with Crippen LogP contribution < -0.4 is 0 Å². The van der Waals surface area contributed by atoms with Gasteiger partial charge in [0.15, 0.2) is 0 Å². The molecule has 0 saturated heterocycles. The lowest BCUT2D eigenvalue weighted by atomic mass is 9.46. The molecule has 0 unspecified atom stereocenters. The second-order valence-electron chi connectivity index (χ2n) is 13.9. The zero-order valence-electron chi connectivity index (χ0n) is 21.6. The van der Waals surface area contributed by atoms with E-state index < -0.39 is 0 Å². The molecule has 0 spiro atoms. The molecule has 4 aliphatic carbocycles. The molecular formula is C30H48O. The van der Waals surface area contributed by atoms with Gasteiger partial charge in [-0.2, -0.15) is 0 Å². The van der Waals surface area contributed by atoms with Crippen molar-refractivity contribution in [2.24, 2.45) is 39.4 Å². The normalized spacial score (nSPS) is 42.2. The molecule has 0 bridgehead atoms. The third-order valence-corrected chi connectivity index (χ3v) is 11.0. The van der Waals surface area contributed by atoms with Crippen molar-refractivity contribution in [3.05, 3.63) is 23.3 Å². The molecule has 1 heteroatoms. The zero-order valence-corrected chi connectivity index (χ0v) is 21.6. The lowest BCUT2D eigenvalue weighted by Gasteiger charge is -2.57. The van der Waals surface area contributed by atoms with E-state index in [0.29, 0.717) is 28.4 Å². The molecule has 4 rings (SSSR count). The van der Waals surface area contributed by atoms with Gasteiger partial charge in [-0.1, -0.05) is 64.8 Å². The number of fused-ring (bicyclic) bond motifs is 2. The van der Waals surface area contributed by atoms with Crippen molar-refractivity contribution in [3.8, 4) is 0 Å². The van der Waals surface area contributed by atoms with Crippen molar-refractivity contribution < 1.29 is 4.79 Å². The maximum atomic E-state index is 12.8. The lowest BCUT2D eigenvalue weighted by molar-refractivity contribution is -0.144. The molecule has 0 N–H and O–H groups in total. The topological polar surface area (TPSA) is 17.1 Å². The van der Waals surface area contributed by atoms with Crippen LogP contribution in [0.1, 0.15) is 119 Å². The largest absolute Gasteiger partial charge is 0.299 e. The Kier molecular flexibility index (Phi) is 5.71. The summed E-state index contributed by atoms with van der Waals surface area (Å²) in [6, 6.07) is 0. The van der Waals surface area contributed by atoms with E-state index >= 15 is 0 Å². The molecule has 31 heavy (non-hydrogen) atoms. The summed E-state index contributed by atoms with van der Waals surface area (Å²) in [6.45, 7) is 21.6. The Morgan fingerprint density at radius 2 is 1.65 bits per heavy atom. The van der Waals surface area contributed by atoms with Gasteiger partial charge in [0.05, 0.1) is 0 Å². The van der Waals surface area contributed by atoms with E-state index in [-0.39, 0.29) is 10.8 Å². The number of allylic oxidation sites excluding steroid dienone is 3. The summed E-state index contributed by atoms with van der Waals surface area (Å²) < 4.78 is 0. The molecule has 5 atom stereocenters. The first kappa shape index (κ1) is 23.3. The lowest BCUT2D eigenvalue weighted by Crippen LogP contribution is -2.53. The number of hydrogen-bond acceptors (Lipinski definition) is 1. The first-order valence-corrected chi connectivity index (χ1v) is 13.2. The predicted octanol–water partition coefficient (Wildman–Crippen LogP) is 8.69. The Hall–Kier alpha value is -0.850. The van der Waals surface area contributed by atoms with Gasteiger partial charge in [0.2, 0.25) is 0 Å². The summed E-state index contributed by atoms with van der Waals surface area (Å²) >= 11 is 0. The van der Waals surface area contributed by atoms with Crippen LogP contribution in [0, 0.1) is 39.4 Å². The van der Waals surface area contributed by atoms with Gasteiger partial charge in [0.25, 0.3) is 0 Å². The summed E-state index contributed by atoms with van der Waals surface area (Å²) in [4.78, 5) is 12.8. The maximum Gasteiger partial charge on any atom is 0.138 e. The highest BCUT2D eigenvalue weighted by Crippen LogP contribution is 2.62. The second kappa shape index (κ2) is 7.59. The molecule has 0 heterocycles. The maximum absolute atomic E-state index is 12.8. The van der Waals surface area contributed by atoms with Crippen LogP contribution in [-0.4, -0.2) is 5.78 Å². The molecule has 0 aromatic carbocycles. The van der Waals surface area contributed by atoms with Crippen LogP contribution in [0.25, 0.3) is 0 Å². The fourth-order valence-corrected chi connectivity index (χ4v) is 8.67. The van der Waals surface area contributed by atoms with Crippen LogP contribution >= 0.6 is 0 Å². The minimum absolute atomic E-state index is 0.169. The van der Waals surface area contributed by atoms with Gasteiger partial charge in [-0.05, 0) is 105 Å². The van der Waals surface area contributed by atoms with Crippen LogP contribution in [0.5, 0.6) is 0 Å². The summed E-state index contributed by atoms with van der Waals surface area (Å²) in [5.41, 5.74) is 6.05. The molecule has 0 aromatic heterocycles. The molecule has 3 saturated carbocycles. The summed E-state index contributed by atoms with van der Waals surface area (Å²) in [7, 11) is 0. The Labute approximate surface area is 192 Å². The van der Waals surface area contributed by atoms with E-state index in [9.17, 15) is 4.79 Å². The number of carbonyl (C=O) groups is 1. The second-order valence-corrected chi connectivity index (χ2v) is 13.9. The Balaban J connectivity index is 1.58. The first-order valence-electron chi connectivity index (χ1n) is 13.2. The van der Waals surface area contributed by atoms with Gasteiger partial charge in [0, 0.05) is 11.8 Å². The van der Waals surface area contributed by atoms with E-state index in [1.165, 1.54) is 50.5 Å². The van der Waals surface area contributed by atoms with Crippen LogP contribution in [0.2, 0.25) is 0 Å². The highest BCUT2D eigenvalue weighted by molar-refractivity contribution is 5.85. The minimum atomic E-state index is -0.169. The molecule has 1 nitrogen and oxygen atoms in total. The van der Waals surface area contributed by atoms with E-state index in [4.69, 9.17) is 0 Å². The van der Waals surface area contributed by atoms with Gasteiger partial charge in [-0.15, -0.1) is 0 Å². The van der Waals surface area contributed by atoms with E-state index in [0.717, 1.165) is 31.6 Å². The van der Waals surface area contributed by atoms with Crippen molar-refractivity contribution in [3.63, 3.8) is 0 Å². The Bertz CT molecular complexity index is 795. The highest BCUT2D eigenvalue weighted by Gasteiger charge is 2.56. The molecule has 0 amide bonds. The highest BCUT2D eigenvalue weighted by atomic mass is 16.1. The number of rotatable bonds is 3. The molecule has 3 fully saturated rings. The molecular weight excluding hydrogens is 376 g/mol. The standard InChI is InChI=1S/C30H48O/c1-20-13-15-29(7)18-17-27(3,4)19-24(29)22(20)10-11-23-21(2)9-12-25-28(5,6)26(31)14-16-30(23,25)8/h23-25H,2,9-19H2,1,3-8H3/t23-,24-,25-,29-,30+/m0/s1. The molecule has 0 aromatic rings. The van der Waals surface area contributed by atoms with Crippen LogP contribution in [-0.2, 0) is 4.79 Å². The average molecular weight is 425 g/mol. The van der Waals surface area contributed by atoms with E-state index in [1.54, 1.807) is 5.57 Å².